The average Bonchev–Trinajstić information content (AvgIpc) is 2.50. The van der Waals surface area contributed by atoms with Crippen LogP contribution in [0, 0.1) is 6.92 Å². The third-order valence-corrected chi connectivity index (χ3v) is 3.55. The Hall–Kier alpha value is -2.43. The van der Waals surface area contributed by atoms with Gasteiger partial charge in [-0.05, 0) is 25.5 Å². The molecule has 1 amide bonds. The summed E-state index contributed by atoms with van der Waals surface area (Å²) in [7, 11) is 0. The number of rotatable bonds is 6. The number of nitrogens with one attached hydrogen (secondary N) is 1. The first-order valence-corrected chi connectivity index (χ1v) is 7.43. The summed E-state index contributed by atoms with van der Waals surface area (Å²) in [4.78, 5) is 28.1. The number of fused-ring (bicyclic) bond motifs is 1. The van der Waals surface area contributed by atoms with Crippen LogP contribution in [0.25, 0.3) is 10.9 Å². The fourth-order valence-electron chi connectivity index (χ4n) is 2.33. The highest BCUT2D eigenvalue weighted by atomic mass is 16.4. The molecule has 0 aliphatic carbocycles. The van der Waals surface area contributed by atoms with Gasteiger partial charge in [0.25, 0.3) is 5.91 Å². The molecule has 0 bridgehead atoms. The molecular weight excluding hydrogens is 280 g/mol. The van der Waals surface area contributed by atoms with E-state index >= 15 is 0 Å². The Balaban J connectivity index is 2.29. The molecule has 116 valence electrons. The maximum absolute atomic E-state index is 12.4. The van der Waals surface area contributed by atoms with E-state index in [0.717, 1.165) is 23.9 Å². The molecule has 0 aliphatic heterocycles. The molecule has 1 atom stereocenters. The van der Waals surface area contributed by atoms with Crippen LogP contribution in [0.3, 0.4) is 0 Å². The van der Waals surface area contributed by atoms with E-state index in [9.17, 15) is 14.7 Å². The van der Waals surface area contributed by atoms with Crippen LogP contribution >= 0.6 is 0 Å². The van der Waals surface area contributed by atoms with Gasteiger partial charge >= 0.3 is 5.97 Å². The number of aryl methyl sites for hydroxylation is 1. The van der Waals surface area contributed by atoms with E-state index in [0.29, 0.717) is 17.5 Å². The molecule has 1 aromatic carbocycles. The molecule has 2 rings (SSSR count). The lowest BCUT2D eigenvalue weighted by molar-refractivity contribution is -0.139. The maximum Gasteiger partial charge on any atom is 0.326 e. The Bertz CT molecular complexity index is 697. The first-order chi connectivity index (χ1) is 10.5. The summed E-state index contributed by atoms with van der Waals surface area (Å²) in [5, 5.41) is 12.7. The Labute approximate surface area is 129 Å². The highest BCUT2D eigenvalue weighted by molar-refractivity contribution is 6.06. The molecule has 0 saturated carbocycles. The van der Waals surface area contributed by atoms with E-state index in [1.165, 1.54) is 0 Å². The number of pyridine rings is 1. The number of hydrogen-bond acceptors (Lipinski definition) is 3. The number of para-hydroxylation sites is 1. The van der Waals surface area contributed by atoms with Crippen LogP contribution in [0.15, 0.2) is 30.3 Å². The molecule has 5 heteroatoms. The fourth-order valence-corrected chi connectivity index (χ4v) is 2.33. The number of carboxylic acids is 1. The molecule has 2 N–H and O–H groups in total. The normalized spacial score (nSPS) is 12.1. The summed E-state index contributed by atoms with van der Waals surface area (Å²) < 4.78 is 0. The van der Waals surface area contributed by atoms with Crippen molar-refractivity contribution in [3.8, 4) is 0 Å². The zero-order valence-corrected chi connectivity index (χ0v) is 12.8. The number of unbranched alkanes of at least 4 members (excludes halogenated alkanes) is 1. The third-order valence-electron chi connectivity index (χ3n) is 3.55. The summed E-state index contributed by atoms with van der Waals surface area (Å²) in [5.41, 5.74) is 1.82. The Morgan fingerprint density at radius 3 is 2.73 bits per heavy atom. The second kappa shape index (κ2) is 7.02. The van der Waals surface area contributed by atoms with Crippen molar-refractivity contribution in [2.75, 3.05) is 0 Å². The molecule has 0 saturated heterocycles. The molecule has 5 nitrogen and oxygen atoms in total. The number of aliphatic carboxylic acids is 1. The second-order valence-electron chi connectivity index (χ2n) is 5.34. The first-order valence-electron chi connectivity index (χ1n) is 7.43. The third kappa shape index (κ3) is 3.61. The number of nitrogens with zero attached hydrogens (tertiary/aromatic N) is 1. The van der Waals surface area contributed by atoms with Crippen molar-refractivity contribution in [1.29, 1.82) is 0 Å². The van der Waals surface area contributed by atoms with Crippen LogP contribution in [-0.4, -0.2) is 28.0 Å². The Morgan fingerprint density at radius 2 is 2.05 bits per heavy atom. The quantitative estimate of drug-likeness (QED) is 0.859. The lowest BCUT2D eigenvalue weighted by Gasteiger charge is -2.15. The van der Waals surface area contributed by atoms with Gasteiger partial charge in [-0.25, -0.2) is 4.79 Å². The van der Waals surface area contributed by atoms with Crippen molar-refractivity contribution >= 4 is 22.8 Å². The summed E-state index contributed by atoms with van der Waals surface area (Å²) in [6.07, 6.45) is 2.06. The smallest absolute Gasteiger partial charge is 0.326 e. The lowest BCUT2D eigenvalue weighted by Crippen LogP contribution is -2.40. The highest BCUT2D eigenvalue weighted by Crippen LogP contribution is 2.17. The number of carboxylic acid groups (broad SMARTS) is 1. The summed E-state index contributed by atoms with van der Waals surface area (Å²) in [6.45, 7) is 3.84. The van der Waals surface area contributed by atoms with E-state index in [1.807, 2.05) is 32.0 Å². The largest absolute Gasteiger partial charge is 0.480 e. The predicted molar refractivity (Wildman–Crippen MR) is 84.9 cm³/mol. The molecule has 1 heterocycles. The van der Waals surface area contributed by atoms with Gasteiger partial charge in [0.15, 0.2) is 0 Å². The predicted octanol–water partition coefficient (Wildman–Crippen LogP) is 2.92. The molecule has 22 heavy (non-hydrogen) atoms. The van der Waals surface area contributed by atoms with Crippen LogP contribution in [0.1, 0.15) is 42.2 Å². The molecule has 1 aromatic heterocycles. The van der Waals surface area contributed by atoms with Crippen molar-refractivity contribution in [3.63, 3.8) is 0 Å². The molecule has 1 unspecified atom stereocenters. The van der Waals surface area contributed by atoms with Gasteiger partial charge in [-0.1, -0.05) is 38.0 Å². The van der Waals surface area contributed by atoms with Gasteiger partial charge in [0.05, 0.1) is 11.1 Å². The van der Waals surface area contributed by atoms with E-state index in [2.05, 4.69) is 10.3 Å². The zero-order valence-electron chi connectivity index (χ0n) is 12.8. The number of carbonyl (C=O) groups excluding carboxylic acids is 1. The van der Waals surface area contributed by atoms with Crippen LogP contribution in [0.4, 0.5) is 0 Å². The standard InChI is InChI=1S/C17H20N2O3/c1-3-4-8-14(17(21)22)19-16(20)13-7-5-6-12-10-9-11(2)18-15(12)13/h5-7,9-10,14H,3-4,8H2,1-2H3,(H,19,20)(H,21,22). The van der Waals surface area contributed by atoms with Crippen LogP contribution in [0.2, 0.25) is 0 Å². The van der Waals surface area contributed by atoms with Gasteiger partial charge in [-0.15, -0.1) is 0 Å². The molecule has 2 aromatic rings. The van der Waals surface area contributed by atoms with Gasteiger partial charge in [0, 0.05) is 11.1 Å². The monoisotopic (exact) mass is 300 g/mol. The van der Waals surface area contributed by atoms with Crippen LogP contribution in [-0.2, 0) is 4.79 Å². The molecule has 0 radical (unpaired) electrons. The Kier molecular flexibility index (Phi) is 5.09. The molecule has 0 spiro atoms. The van der Waals surface area contributed by atoms with Gasteiger partial charge in [-0.2, -0.15) is 0 Å². The maximum atomic E-state index is 12.4. The number of hydrogen-bond donors (Lipinski definition) is 2. The van der Waals surface area contributed by atoms with Crippen molar-refractivity contribution in [2.45, 2.75) is 39.2 Å². The fraction of sp³-hybridized carbons (Fsp3) is 0.353. The second-order valence-corrected chi connectivity index (χ2v) is 5.34. The highest BCUT2D eigenvalue weighted by Gasteiger charge is 2.21. The number of benzene rings is 1. The van der Waals surface area contributed by atoms with Crippen molar-refractivity contribution in [2.24, 2.45) is 0 Å². The summed E-state index contributed by atoms with van der Waals surface area (Å²) >= 11 is 0. The van der Waals surface area contributed by atoms with Gasteiger partial charge in [0.2, 0.25) is 0 Å². The summed E-state index contributed by atoms with van der Waals surface area (Å²) in [6, 6.07) is 8.24. The van der Waals surface area contributed by atoms with Crippen molar-refractivity contribution < 1.29 is 14.7 Å². The van der Waals surface area contributed by atoms with E-state index < -0.39 is 17.9 Å². The minimum atomic E-state index is -1.01. The number of carbonyl (C=O) groups is 2. The van der Waals surface area contributed by atoms with Gasteiger partial charge in [-0.3, -0.25) is 9.78 Å². The number of amides is 1. The van der Waals surface area contributed by atoms with E-state index in [-0.39, 0.29) is 0 Å². The van der Waals surface area contributed by atoms with Crippen molar-refractivity contribution in [1.82, 2.24) is 10.3 Å². The average molecular weight is 300 g/mol. The molecule has 0 fully saturated rings. The van der Waals surface area contributed by atoms with Crippen LogP contribution in [0.5, 0.6) is 0 Å². The Morgan fingerprint density at radius 1 is 1.27 bits per heavy atom. The van der Waals surface area contributed by atoms with E-state index in [1.54, 1.807) is 12.1 Å². The first kappa shape index (κ1) is 15.9. The SMILES string of the molecule is CCCCC(NC(=O)c1cccc2ccc(C)nc12)C(=O)O. The number of aromatic nitrogens is 1. The zero-order chi connectivity index (χ0) is 16.1. The minimum absolute atomic E-state index is 0.396. The van der Waals surface area contributed by atoms with Crippen LogP contribution < -0.4 is 5.32 Å². The topological polar surface area (TPSA) is 79.3 Å². The van der Waals surface area contributed by atoms with E-state index in [4.69, 9.17) is 0 Å². The molecular formula is C17H20N2O3. The summed E-state index contributed by atoms with van der Waals surface area (Å²) in [5.74, 6) is -1.40. The van der Waals surface area contributed by atoms with Crippen molar-refractivity contribution in [3.05, 3.63) is 41.6 Å². The lowest BCUT2D eigenvalue weighted by atomic mass is 10.1. The molecule has 0 aliphatic rings. The minimum Gasteiger partial charge on any atom is -0.480 e. The van der Waals surface area contributed by atoms with Gasteiger partial charge in [0.1, 0.15) is 6.04 Å². The van der Waals surface area contributed by atoms with Gasteiger partial charge < -0.3 is 10.4 Å².